The zero-order valence-electron chi connectivity index (χ0n) is 15.1. The summed E-state index contributed by atoms with van der Waals surface area (Å²) in [6.45, 7) is 6.07. The van der Waals surface area contributed by atoms with Gasteiger partial charge in [0.05, 0.1) is 5.75 Å². The number of nitrogens with one attached hydrogen (secondary N) is 1. The second-order valence-electron chi connectivity index (χ2n) is 6.49. The van der Waals surface area contributed by atoms with Gasteiger partial charge in [0.25, 0.3) is 0 Å². The number of hydrogen-bond acceptors (Lipinski definition) is 5. The number of benzene rings is 1. The van der Waals surface area contributed by atoms with Crippen molar-refractivity contribution in [2.75, 3.05) is 5.75 Å². The molecule has 1 unspecified atom stereocenters. The molecule has 0 saturated heterocycles. The number of carbonyl (C=O) groups excluding carboxylic acids is 1. The monoisotopic (exact) mass is 360 g/mol. The van der Waals surface area contributed by atoms with Gasteiger partial charge in [-0.3, -0.25) is 4.79 Å². The summed E-state index contributed by atoms with van der Waals surface area (Å²) in [7, 11) is 1.90. The molecule has 1 heterocycles. The molecule has 3 rings (SSSR count). The Balaban J connectivity index is 1.63. The van der Waals surface area contributed by atoms with Gasteiger partial charge in [0.2, 0.25) is 5.91 Å². The maximum Gasteiger partial charge on any atom is 0.230 e. The lowest BCUT2D eigenvalue weighted by Crippen LogP contribution is -2.27. The van der Waals surface area contributed by atoms with Crippen molar-refractivity contribution in [1.82, 2.24) is 20.1 Å². The Bertz CT molecular complexity index is 770. The maximum absolute atomic E-state index is 11.8. The van der Waals surface area contributed by atoms with E-state index in [1.54, 1.807) is 0 Å². The van der Waals surface area contributed by atoms with E-state index in [4.69, 9.17) is 4.74 Å². The first-order valence-electron chi connectivity index (χ1n) is 8.50. The maximum atomic E-state index is 11.8. The zero-order valence-corrected chi connectivity index (χ0v) is 15.9. The predicted molar refractivity (Wildman–Crippen MR) is 97.9 cm³/mol. The van der Waals surface area contributed by atoms with Crippen molar-refractivity contribution in [2.45, 2.75) is 50.9 Å². The number of aromatic nitrogens is 3. The zero-order chi connectivity index (χ0) is 18.0. The van der Waals surface area contributed by atoms with Crippen LogP contribution in [0.15, 0.2) is 23.4 Å². The molecule has 0 aliphatic heterocycles. The van der Waals surface area contributed by atoms with E-state index in [-0.39, 0.29) is 12.0 Å². The molecular weight excluding hydrogens is 336 g/mol. The van der Waals surface area contributed by atoms with Gasteiger partial charge in [-0.2, -0.15) is 0 Å². The summed E-state index contributed by atoms with van der Waals surface area (Å²) in [5, 5.41) is 12.1. The molecule has 1 amide bonds. The molecule has 134 valence electrons. The molecular formula is C18H24N4O2S. The SMILES string of the molecule is Cc1cccc(OC(C)c2nnc(SCC(=O)NC3CC3)n2C)c1C. The highest BCUT2D eigenvalue weighted by Gasteiger charge is 2.24. The van der Waals surface area contributed by atoms with Gasteiger partial charge in [-0.15, -0.1) is 10.2 Å². The first-order valence-corrected chi connectivity index (χ1v) is 9.48. The van der Waals surface area contributed by atoms with Crippen LogP contribution in [0.3, 0.4) is 0 Å². The summed E-state index contributed by atoms with van der Waals surface area (Å²) in [6, 6.07) is 6.40. The molecule has 7 heteroatoms. The molecule has 2 aromatic rings. The van der Waals surface area contributed by atoms with Crippen LogP contribution in [0.2, 0.25) is 0 Å². The third-order valence-corrected chi connectivity index (χ3v) is 5.39. The summed E-state index contributed by atoms with van der Waals surface area (Å²) in [4.78, 5) is 11.8. The summed E-state index contributed by atoms with van der Waals surface area (Å²) >= 11 is 1.40. The van der Waals surface area contributed by atoms with Gasteiger partial charge < -0.3 is 14.6 Å². The fraction of sp³-hybridized carbons (Fsp3) is 0.500. The van der Waals surface area contributed by atoms with Crippen molar-refractivity contribution in [1.29, 1.82) is 0 Å². The number of aryl methyl sites for hydroxylation is 1. The molecule has 1 fully saturated rings. The lowest BCUT2D eigenvalue weighted by Gasteiger charge is -2.16. The number of carbonyl (C=O) groups is 1. The Morgan fingerprint density at radius 2 is 2.16 bits per heavy atom. The molecule has 1 saturated carbocycles. The highest BCUT2D eigenvalue weighted by molar-refractivity contribution is 7.99. The number of amides is 1. The Morgan fingerprint density at radius 1 is 1.40 bits per heavy atom. The highest BCUT2D eigenvalue weighted by atomic mass is 32.2. The van der Waals surface area contributed by atoms with Crippen molar-refractivity contribution in [3.8, 4) is 5.75 Å². The number of thioether (sulfide) groups is 1. The van der Waals surface area contributed by atoms with E-state index in [0.29, 0.717) is 11.8 Å². The quantitative estimate of drug-likeness (QED) is 0.769. The molecule has 1 N–H and O–H groups in total. The van der Waals surface area contributed by atoms with Crippen LogP contribution in [0.25, 0.3) is 0 Å². The standard InChI is InChI=1S/C18H24N4O2S/c1-11-6-5-7-15(12(11)2)24-13(3)17-20-21-18(22(17)4)25-10-16(23)19-14-8-9-14/h5-7,13-14H,8-10H2,1-4H3,(H,19,23). The van der Waals surface area contributed by atoms with Gasteiger partial charge in [0.15, 0.2) is 17.1 Å². The molecule has 1 aromatic heterocycles. The Labute approximate surface area is 152 Å². The van der Waals surface area contributed by atoms with Crippen LogP contribution in [-0.2, 0) is 11.8 Å². The Kier molecular flexibility index (Phi) is 5.32. The van der Waals surface area contributed by atoms with Gasteiger partial charge in [-0.25, -0.2) is 0 Å². The van der Waals surface area contributed by atoms with Gasteiger partial charge in [-0.1, -0.05) is 23.9 Å². The van der Waals surface area contributed by atoms with Crippen molar-refractivity contribution in [3.05, 3.63) is 35.2 Å². The van der Waals surface area contributed by atoms with Crippen LogP contribution in [0.4, 0.5) is 0 Å². The Hall–Kier alpha value is -2.02. The summed E-state index contributed by atoms with van der Waals surface area (Å²) in [6.07, 6.45) is 1.96. The first kappa shape index (κ1) is 17.8. The molecule has 1 aliphatic rings. The average molecular weight is 360 g/mol. The molecule has 1 aromatic carbocycles. The summed E-state index contributed by atoms with van der Waals surface area (Å²) in [5.74, 6) is 2.01. The second kappa shape index (κ2) is 7.47. The van der Waals surface area contributed by atoms with E-state index in [9.17, 15) is 4.79 Å². The van der Waals surface area contributed by atoms with E-state index in [0.717, 1.165) is 35.1 Å². The predicted octanol–water partition coefficient (Wildman–Crippen LogP) is 2.94. The van der Waals surface area contributed by atoms with Crippen molar-refractivity contribution < 1.29 is 9.53 Å². The largest absolute Gasteiger partial charge is 0.482 e. The molecule has 1 aliphatic carbocycles. The van der Waals surface area contributed by atoms with Crippen LogP contribution in [0.5, 0.6) is 5.75 Å². The van der Waals surface area contributed by atoms with Gasteiger partial charge >= 0.3 is 0 Å². The van der Waals surface area contributed by atoms with E-state index >= 15 is 0 Å². The summed E-state index contributed by atoms with van der Waals surface area (Å²) in [5.41, 5.74) is 2.32. The molecule has 6 nitrogen and oxygen atoms in total. The minimum atomic E-state index is -0.229. The molecule has 0 spiro atoms. The Morgan fingerprint density at radius 3 is 2.88 bits per heavy atom. The van der Waals surface area contributed by atoms with E-state index < -0.39 is 0 Å². The van der Waals surface area contributed by atoms with Crippen LogP contribution >= 0.6 is 11.8 Å². The van der Waals surface area contributed by atoms with Gasteiger partial charge in [0.1, 0.15) is 5.75 Å². The van der Waals surface area contributed by atoms with Crippen LogP contribution in [-0.4, -0.2) is 32.5 Å². The number of nitrogens with zero attached hydrogens (tertiary/aromatic N) is 3. The topological polar surface area (TPSA) is 69.0 Å². The van der Waals surface area contributed by atoms with Crippen molar-refractivity contribution in [3.63, 3.8) is 0 Å². The fourth-order valence-corrected chi connectivity index (χ4v) is 3.26. The van der Waals surface area contributed by atoms with Gasteiger partial charge in [0, 0.05) is 13.1 Å². The van der Waals surface area contributed by atoms with Crippen molar-refractivity contribution >= 4 is 17.7 Å². The van der Waals surface area contributed by atoms with Crippen LogP contribution in [0.1, 0.15) is 42.8 Å². The highest BCUT2D eigenvalue weighted by Crippen LogP contribution is 2.27. The minimum absolute atomic E-state index is 0.0525. The summed E-state index contributed by atoms with van der Waals surface area (Å²) < 4.78 is 7.97. The smallest absolute Gasteiger partial charge is 0.230 e. The van der Waals surface area contributed by atoms with E-state index in [1.165, 1.54) is 17.3 Å². The lowest BCUT2D eigenvalue weighted by atomic mass is 10.1. The lowest BCUT2D eigenvalue weighted by molar-refractivity contribution is -0.118. The first-order chi connectivity index (χ1) is 12.0. The molecule has 1 atom stereocenters. The second-order valence-corrected chi connectivity index (χ2v) is 7.43. The fourth-order valence-electron chi connectivity index (χ4n) is 2.53. The average Bonchev–Trinajstić information content (AvgIpc) is 3.30. The minimum Gasteiger partial charge on any atom is -0.482 e. The normalized spacial score (nSPS) is 15.0. The third-order valence-electron chi connectivity index (χ3n) is 4.37. The van der Waals surface area contributed by atoms with E-state index in [1.807, 2.05) is 37.6 Å². The van der Waals surface area contributed by atoms with Gasteiger partial charge in [-0.05, 0) is 50.8 Å². The van der Waals surface area contributed by atoms with Crippen LogP contribution < -0.4 is 10.1 Å². The molecule has 25 heavy (non-hydrogen) atoms. The number of rotatable bonds is 7. The van der Waals surface area contributed by atoms with Crippen LogP contribution in [0, 0.1) is 13.8 Å². The molecule has 0 bridgehead atoms. The van der Waals surface area contributed by atoms with E-state index in [2.05, 4.69) is 28.5 Å². The third kappa shape index (κ3) is 4.34. The number of ether oxygens (including phenoxy) is 1. The molecule has 0 radical (unpaired) electrons. The number of hydrogen-bond donors (Lipinski definition) is 1. The van der Waals surface area contributed by atoms with Crippen molar-refractivity contribution in [2.24, 2.45) is 7.05 Å².